The highest BCUT2D eigenvalue weighted by atomic mass is 15.3. The van der Waals surface area contributed by atoms with Crippen molar-refractivity contribution in [2.24, 2.45) is 5.41 Å². The Morgan fingerprint density at radius 1 is 1.22 bits per heavy atom. The Labute approximate surface area is 136 Å². The van der Waals surface area contributed by atoms with E-state index >= 15 is 0 Å². The lowest BCUT2D eigenvalue weighted by molar-refractivity contribution is 0.133. The number of hydrogen-bond acceptors (Lipinski definition) is 6. The van der Waals surface area contributed by atoms with E-state index in [0.717, 1.165) is 23.6 Å². The topological polar surface area (TPSA) is 61.6 Å². The third kappa shape index (κ3) is 3.16. The summed E-state index contributed by atoms with van der Waals surface area (Å²) in [6, 6.07) is 2.07. The van der Waals surface area contributed by atoms with Crippen LogP contribution in [0.5, 0.6) is 0 Å². The van der Waals surface area contributed by atoms with Gasteiger partial charge in [0.2, 0.25) is 5.65 Å². The maximum atomic E-state index is 4.40. The van der Waals surface area contributed by atoms with Crippen LogP contribution in [0.25, 0.3) is 5.65 Å². The Bertz CT molecular complexity index is 683. The highest BCUT2D eigenvalue weighted by molar-refractivity contribution is 5.66. The fourth-order valence-electron chi connectivity index (χ4n) is 3.41. The predicted octanol–water partition coefficient (Wildman–Crippen LogP) is 0.872. The summed E-state index contributed by atoms with van der Waals surface area (Å²) < 4.78 is 1.75. The fourth-order valence-corrected chi connectivity index (χ4v) is 3.41. The molecule has 0 spiro atoms. The van der Waals surface area contributed by atoms with Gasteiger partial charge < -0.3 is 15.1 Å². The van der Waals surface area contributed by atoms with Gasteiger partial charge in [0.05, 0.1) is 11.4 Å². The molecular weight excluding hydrogens is 290 g/mol. The van der Waals surface area contributed by atoms with Crippen molar-refractivity contribution in [2.45, 2.75) is 19.8 Å². The van der Waals surface area contributed by atoms with E-state index in [4.69, 9.17) is 0 Å². The number of piperazine rings is 1. The van der Waals surface area contributed by atoms with Gasteiger partial charge in [-0.1, -0.05) is 0 Å². The zero-order valence-electron chi connectivity index (χ0n) is 14.0. The van der Waals surface area contributed by atoms with Crippen LogP contribution in [0.15, 0.2) is 12.4 Å². The summed E-state index contributed by atoms with van der Waals surface area (Å²) in [6.07, 6.45) is 4.30. The molecule has 0 radical (unpaired) electrons. The molecule has 1 saturated carbocycles. The smallest absolute Gasteiger partial charge is 0.200 e. The minimum atomic E-state index is 0.435. The first-order valence-electron chi connectivity index (χ1n) is 8.46. The molecule has 3 heterocycles. The van der Waals surface area contributed by atoms with Crippen molar-refractivity contribution >= 4 is 11.3 Å². The Hall–Kier alpha value is -1.73. The molecular formula is C16H25N7. The van der Waals surface area contributed by atoms with E-state index in [0.29, 0.717) is 5.41 Å². The fraction of sp³-hybridized carbons (Fsp3) is 0.688. The van der Waals surface area contributed by atoms with E-state index < -0.39 is 0 Å². The molecule has 2 fully saturated rings. The maximum Gasteiger partial charge on any atom is 0.200 e. The molecule has 4 rings (SSSR count). The first-order chi connectivity index (χ1) is 11.1. The number of fused-ring (bicyclic) bond motifs is 1. The van der Waals surface area contributed by atoms with Gasteiger partial charge in [0.15, 0.2) is 0 Å². The zero-order valence-corrected chi connectivity index (χ0v) is 14.0. The van der Waals surface area contributed by atoms with Crippen LogP contribution in [0.2, 0.25) is 0 Å². The number of anilines is 1. The van der Waals surface area contributed by atoms with E-state index in [1.54, 1.807) is 10.8 Å². The minimum absolute atomic E-state index is 0.435. The highest BCUT2D eigenvalue weighted by Crippen LogP contribution is 2.46. The molecule has 0 amide bonds. The predicted molar refractivity (Wildman–Crippen MR) is 89.6 cm³/mol. The number of aryl methyl sites for hydroxylation is 1. The number of likely N-dealkylation sites (N-methyl/N-ethyl adjacent to an activating group) is 1. The monoisotopic (exact) mass is 315 g/mol. The number of aromatic nitrogens is 4. The van der Waals surface area contributed by atoms with Crippen LogP contribution < -0.4 is 5.32 Å². The van der Waals surface area contributed by atoms with Gasteiger partial charge in [0.25, 0.3) is 0 Å². The molecule has 1 N–H and O–H groups in total. The SMILES string of the molecule is Cc1cc(NCC2(CN3CCN(C)CC3)CC2)c2nncn2n1. The van der Waals surface area contributed by atoms with Crippen molar-refractivity contribution in [1.29, 1.82) is 0 Å². The second-order valence-electron chi connectivity index (χ2n) is 7.23. The molecule has 0 atom stereocenters. The van der Waals surface area contributed by atoms with Gasteiger partial charge in [0.1, 0.15) is 6.33 Å². The van der Waals surface area contributed by atoms with Crippen molar-refractivity contribution < 1.29 is 0 Å². The van der Waals surface area contributed by atoms with Crippen LogP contribution in [0.4, 0.5) is 5.69 Å². The Morgan fingerprint density at radius 3 is 2.74 bits per heavy atom. The van der Waals surface area contributed by atoms with E-state index in [2.05, 4.69) is 43.5 Å². The van der Waals surface area contributed by atoms with Crippen molar-refractivity contribution in [2.75, 3.05) is 51.6 Å². The van der Waals surface area contributed by atoms with Gasteiger partial charge in [0, 0.05) is 44.7 Å². The van der Waals surface area contributed by atoms with E-state index in [9.17, 15) is 0 Å². The summed E-state index contributed by atoms with van der Waals surface area (Å²) in [5, 5.41) is 16.1. The number of rotatable bonds is 5. The Balaban J connectivity index is 1.41. The highest BCUT2D eigenvalue weighted by Gasteiger charge is 2.44. The number of nitrogens with zero attached hydrogens (tertiary/aromatic N) is 6. The van der Waals surface area contributed by atoms with Gasteiger partial charge in [-0.25, -0.2) is 0 Å². The summed E-state index contributed by atoms with van der Waals surface area (Å²) in [7, 11) is 2.21. The van der Waals surface area contributed by atoms with E-state index in [1.165, 1.54) is 45.6 Å². The van der Waals surface area contributed by atoms with Gasteiger partial charge in [-0.15, -0.1) is 10.2 Å². The Kier molecular flexibility index (Phi) is 3.69. The molecule has 2 aliphatic rings. The standard InChI is InChI=1S/C16H25N7/c1-13-9-14(15-19-18-12-23(15)20-13)17-10-16(3-4-16)11-22-7-5-21(2)6-8-22/h9,12,17H,3-8,10-11H2,1-2H3. The van der Waals surface area contributed by atoms with Gasteiger partial charge in [-0.05, 0) is 32.9 Å². The minimum Gasteiger partial charge on any atom is -0.381 e. The molecule has 7 heteroatoms. The molecule has 2 aromatic heterocycles. The van der Waals surface area contributed by atoms with Crippen LogP contribution in [-0.4, -0.2) is 75.9 Å². The third-order valence-electron chi connectivity index (χ3n) is 5.16. The van der Waals surface area contributed by atoms with Crippen LogP contribution >= 0.6 is 0 Å². The second kappa shape index (κ2) is 5.72. The largest absolute Gasteiger partial charge is 0.381 e. The van der Waals surface area contributed by atoms with Crippen LogP contribution in [0.1, 0.15) is 18.5 Å². The summed E-state index contributed by atoms with van der Waals surface area (Å²) >= 11 is 0. The van der Waals surface area contributed by atoms with E-state index in [1.807, 2.05) is 6.92 Å². The molecule has 1 saturated heterocycles. The normalized spacial score (nSPS) is 21.7. The first-order valence-corrected chi connectivity index (χ1v) is 8.46. The first kappa shape index (κ1) is 14.8. The average Bonchev–Trinajstić information content (AvgIpc) is 3.13. The number of nitrogens with one attached hydrogen (secondary N) is 1. The maximum absolute atomic E-state index is 4.40. The van der Waals surface area contributed by atoms with E-state index in [-0.39, 0.29) is 0 Å². The average molecular weight is 315 g/mol. The molecule has 2 aromatic rings. The lowest BCUT2D eigenvalue weighted by atomic mass is 10.1. The zero-order chi connectivity index (χ0) is 15.9. The lowest BCUT2D eigenvalue weighted by Crippen LogP contribution is -2.47. The summed E-state index contributed by atoms with van der Waals surface area (Å²) in [5.74, 6) is 0. The molecule has 7 nitrogen and oxygen atoms in total. The molecule has 0 unspecified atom stereocenters. The van der Waals surface area contributed by atoms with Crippen molar-refractivity contribution in [1.82, 2.24) is 29.6 Å². The quantitative estimate of drug-likeness (QED) is 0.883. The molecule has 1 aliphatic carbocycles. The number of hydrogen-bond donors (Lipinski definition) is 1. The van der Waals surface area contributed by atoms with Gasteiger partial charge in [-0.3, -0.25) is 0 Å². The molecule has 124 valence electrons. The second-order valence-corrected chi connectivity index (χ2v) is 7.23. The van der Waals surface area contributed by atoms with Crippen LogP contribution in [0.3, 0.4) is 0 Å². The van der Waals surface area contributed by atoms with Crippen molar-refractivity contribution in [3.8, 4) is 0 Å². The van der Waals surface area contributed by atoms with Gasteiger partial charge >= 0.3 is 0 Å². The molecule has 23 heavy (non-hydrogen) atoms. The van der Waals surface area contributed by atoms with Crippen LogP contribution in [0, 0.1) is 12.3 Å². The summed E-state index contributed by atoms with van der Waals surface area (Å²) in [4.78, 5) is 5.04. The molecule has 0 aromatic carbocycles. The summed E-state index contributed by atoms with van der Waals surface area (Å²) in [6.45, 7) is 8.98. The van der Waals surface area contributed by atoms with Crippen LogP contribution in [-0.2, 0) is 0 Å². The van der Waals surface area contributed by atoms with Gasteiger partial charge in [-0.2, -0.15) is 9.61 Å². The van der Waals surface area contributed by atoms with Crippen molar-refractivity contribution in [3.05, 3.63) is 18.1 Å². The molecule has 1 aliphatic heterocycles. The summed E-state index contributed by atoms with van der Waals surface area (Å²) in [5.41, 5.74) is 3.26. The Morgan fingerprint density at radius 2 is 2.00 bits per heavy atom. The van der Waals surface area contributed by atoms with Crippen molar-refractivity contribution in [3.63, 3.8) is 0 Å². The third-order valence-corrected chi connectivity index (χ3v) is 5.16. The lowest BCUT2D eigenvalue weighted by Gasteiger charge is -2.35. The molecule has 0 bridgehead atoms.